The molecule has 4 rings (SSSR count). The Morgan fingerprint density at radius 2 is 2.12 bits per heavy atom. The van der Waals surface area contributed by atoms with E-state index in [9.17, 15) is 13.9 Å². The monoisotopic (exact) mass is 332 g/mol. The first kappa shape index (κ1) is 15.3. The van der Waals surface area contributed by atoms with Gasteiger partial charge in [-0.2, -0.15) is 8.78 Å². The molecular formula is C17H18F2N4O. The van der Waals surface area contributed by atoms with Crippen LogP contribution >= 0.6 is 0 Å². The molecule has 2 atom stereocenters. The van der Waals surface area contributed by atoms with Crippen molar-refractivity contribution in [3.63, 3.8) is 0 Å². The predicted molar refractivity (Wildman–Crippen MR) is 86.9 cm³/mol. The third kappa shape index (κ3) is 2.23. The molecule has 0 amide bonds. The molecule has 0 radical (unpaired) electrons. The first-order chi connectivity index (χ1) is 11.4. The highest BCUT2D eigenvalue weighted by Gasteiger charge is 2.45. The van der Waals surface area contributed by atoms with E-state index < -0.39 is 12.0 Å². The van der Waals surface area contributed by atoms with Gasteiger partial charge in [-0.1, -0.05) is 12.1 Å². The van der Waals surface area contributed by atoms with Gasteiger partial charge >= 0.3 is 0 Å². The highest BCUT2D eigenvalue weighted by molar-refractivity contribution is 5.70. The summed E-state index contributed by atoms with van der Waals surface area (Å²) >= 11 is 0. The summed E-state index contributed by atoms with van der Waals surface area (Å²) in [6.45, 7) is 2.17. The highest BCUT2D eigenvalue weighted by Crippen LogP contribution is 2.44. The van der Waals surface area contributed by atoms with E-state index in [2.05, 4.69) is 9.97 Å². The van der Waals surface area contributed by atoms with Crippen LogP contribution in [0.4, 0.5) is 20.4 Å². The van der Waals surface area contributed by atoms with Crippen LogP contribution in [0.1, 0.15) is 24.6 Å². The molecule has 1 aromatic carbocycles. The molecule has 1 saturated heterocycles. The Morgan fingerprint density at radius 1 is 1.33 bits per heavy atom. The van der Waals surface area contributed by atoms with E-state index in [1.54, 1.807) is 23.1 Å². The van der Waals surface area contributed by atoms with Gasteiger partial charge in [0, 0.05) is 29.8 Å². The van der Waals surface area contributed by atoms with Gasteiger partial charge in [-0.25, -0.2) is 9.97 Å². The van der Waals surface area contributed by atoms with Gasteiger partial charge < -0.3 is 15.7 Å². The second-order valence-electron chi connectivity index (χ2n) is 6.49. The number of rotatable bonds is 2. The number of aliphatic hydroxyl groups excluding tert-OH is 1. The average molecular weight is 332 g/mol. The summed E-state index contributed by atoms with van der Waals surface area (Å²) < 4.78 is 28.5. The Bertz CT molecular complexity index is 811. The Hall–Kier alpha value is -2.28. The number of nitrogens with two attached hydrogens (primary N) is 1. The Kier molecular flexibility index (Phi) is 3.25. The first-order valence-corrected chi connectivity index (χ1v) is 7.96. The van der Waals surface area contributed by atoms with Crippen molar-refractivity contribution in [2.45, 2.75) is 37.8 Å². The van der Waals surface area contributed by atoms with Gasteiger partial charge in [-0.3, -0.25) is 0 Å². The topological polar surface area (TPSA) is 75.3 Å². The second kappa shape index (κ2) is 5.11. The van der Waals surface area contributed by atoms with Gasteiger partial charge in [-0.15, -0.1) is 0 Å². The number of aromatic nitrogens is 2. The number of β-amino-alcohol motifs (C(OH)–C–C–N with tert-alkyl or cyclic N) is 1. The fourth-order valence-corrected chi connectivity index (χ4v) is 3.32. The summed E-state index contributed by atoms with van der Waals surface area (Å²) in [7, 11) is 0. The van der Waals surface area contributed by atoms with Crippen molar-refractivity contribution in [2.24, 2.45) is 0 Å². The molecule has 1 aromatic heterocycles. The highest BCUT2D eigenvalue weighted by atomic mass is 19.3. The van der Waals surface area contributed by atoms with E-state index in [1.807, 2.05) is 13.0 Å². The Morgan fingerprint density at radius 3 is 2.79 bits per heavy atom. The van der Waals surface area contributed by atoms with Gasteiger partial charge in [-0.05, 0) is 25.5 Å². The number of hydrogen-bond acceptors (Lipinski definition) is 5. The minimum absolute atomic E-state index is 0.188. The number of nitrogens with zero attached hydrogens (tertiary/aromatic N) is 3. The standard InChI is InChI=1S/C17H18F2N4O/c1-9-13(24)8-23(9)16-21-14(10-3-2-4-11(20)7-10)12-5-6-17(18,19)15(12)22-16/h2-4,7,9,13,24H,5-6,8,20H2,1H3/t9-,13+/m0/s1. The van der Waals surface area contributed by atoms with Crippen LogP contribution < -0.4 is 10.6 Å². The molecular weight excluding hydrogens is 314 g/mol. The van der Waals surface area contributed by atoms with Crippen LogP contribution in [0.2, 0.25) is 0 Å². The lowest BCUT2D eigenvalue weighted by Gasteiger charge is -2.43. The number of hydrogen-bond donors (Lipinski definition) is 2. The summed E-state index contributed by atoms with van der Waals surface area (Å²) in [5, 5.41) is 9.71. The molecule has 3 N–H and O–H groups in total. The van der Waals surface area contributed by atoms with Crippen LogP contribution in [-0.4, -0.2) is 33.8 Å². The summed E-state index contributed by atoms with van der Waals surface area (Å²) in [4.78, 5) is 10.4. The lowest BCUT2D eigenvalue weighted by Crippen LogP contribution is -2.59. The normalized spacial score (nSPS) is 24.6. The van der Waals surface area contributed by atoms with E-state index in [-0.39, 0.29) is 30.5 Å². The van der Waals surface area contributed by atoms with Crippen molar-refractivity contribution in [1.82, 2.24) is 9.97 Å². The van der Waals surface area contributed by atoms with Crippen LogP contribution in [-0.2, 0) is 12.3 Å². The largest absolute Gasteiger partial charge is 0.399 e. The summed E-state index contributed by atoms with van der Waals surface area (Å²) in [6.07, 6.45) is -0.503. The summed E-state index contributed by atoms with van der Waals surface area (Å²) in [6, 6.07) is 6.88. The maximum Gasteiger partial charge on any atom is 0.290 e. The predicted octanol–water partition coefficient (Wildman–Crippen LogP) is 2.33. The number of aliphatic hydroxyl groups is 1. The maximum absolute atomic E-state index is 14.3. The minimum atomic E-state index is -2.95. The molecule has 0 unspecified atom stereocenters. The molecule has 2 heterocycles. The molecule has 24 heavy (non-hydrogen) atoms. The van der Waals surface area contributed by atoms with E-state index in [4.69, 9.17) is 5.73 Å². The lowest BCUT2D eigenvalue weighted by molar-refractivity contribution is -0.00603. The number of fused-ring (bicyclic) bond motifs is 1. The number of nitrogen functional groups attached to an aromatic ring is 1. The molecule has 1 aliphatic heterocycles. The number of halogens is 2. The fraction of sp³-hybridized carbons (Fsp3) is 0.412. The number of anilines is 2. The van der Waals surface area contributed by atoms with Crippen molar-refractivity contribution in [2.75, 3.05) is 17.2 Å². The van der Waals surface area contributed by atoms with Crippen molar-refractivity contribution < 1.29 is 13.9 Å². The van der Waals surface area contributed by atoms with E-state index in [0.717, 1.165) is 0 Å². The van der Waals surface area contributed by atoms with Crippen LogP contribution in [0.5, 0.6) is 0 Å². The van der Waals surface area contributed by atoms with Gasteiger partial charge in [0.25, 0.3) is 5.92 Å². The molecule has 0 saturated carbocycles. The maximum atomic E-state index is 14.3. The van der Waals surface area contributed by atoms with Crippen molar-refractivity contribution >= 4 is 11.6 Å². The third-order valence-electron chi connectivity index (χ3n) is 4.88. The number of alkyl halides is 2. The summed E-state index contributed by atoms with van der Waals surface area (Å²) in [5.74, 6) is -2.71. The zero-order valence-electron chi connectivity index (χ0n) is 13.2. The molecule has 1 fully saturated rings. The van der Waals surface area contributed by atoms with Crippen LogP contribution in [0.3, 0.4) is 0 Å². The molecule has 2 aromatic rings. The molecule has 2 aliphatic rings. The van der Waals surface area contributed by atoms with Crippen molar-refractivity contribution in [3.05, 3.63) is 35.5 Å². The van der Waals surface area contributed by atoms with E-state index >= 15 is 0 Å². The second-order valence-corrected chi connectivity index (χ2v) is 6.49. The average Bonchev–Trinajstić information content (AvgIpc) is 2.86. The Balaban J connectivity index is 1.88. The Labute approximate surface area is 138 Å². The quantitative estimate of drug-likeness (QED) is 0.826. The van der Waals surface area contributed by atoms with E-state index in [0.29, 0.717) is 29.1 Å². The van der Waals surface area contributed by atoms with E-state index in [1.165, 1.54) is 0 Å². The SMILES string of the molecule is C[C@H]1[C@H](O)CN1c1nc(-c2cccc(N)c2)c2c(n1)C(F)(F)CC2. The van der Waals surface area contributed by atoms with Crippen molar-refractivity contribution in [1.29, 1.82) is 0 Å². The molecule has 7 heteroatoms. The zero-order chi connectivity index (χ0) is 17.1. The number of benzene rings is 1. The zero-order valence-corrected chi connectivity index (χ0v) is 13.2. The molecule has 1 aliphatic carbocycles. The van der Waals surface area contributed by atoms with Crippen LogP contribution in [0, 0.1) is 0 Å². The first-order valence-electron chi connectivity index (χ1n) is 7.96. The smallest absolute Gasteiger partial charge is 0.290 e. The third-order valence-corrected chi connectivity index (χ3v) is 4.88. The molecule has 5 nitrogen and oxygen atoms in total. The summed E-state index contributed by atoms with van der Waals surface area (Å²) in [5.41, 5.74) is 7.90. The van der Waals surface area contributed by atoms with Gasteiger partial charge in [0.15, 0.2) is 0 Å². The minimum Gasteiger partial charge on any atom is -0.399 e. The van der Waals surface area contributed by atoms with Crippen LogP contribution in [0.15, 0.2) is 24.3 Å². The molecule has 126 valence electrons. The van der Waals surface area contributed by atoms with Gasteiger partial charge in [0.2, 0.25) is 5.95 Å². The lowest BCUT2D eigenvalue weighted by atomic mass is 10.0. The molecule has 0 spiro atoms. The van der Waals surface area contributed by atoms with Gasteiger partial charge in [0.05, 0.1) is 17.8 Å². The van der Waals surface area contributed by atoms with Gasteiger partial charge in [0.1, 0.15) is 5.69 Å². The molecule has 0 bridgehead atoms. The van der Waals surface area contributed by atoms with Crippen molar-refractivity contribution in [3.8, 4) is 11.3 Å². The van der Waals surface area contributed by atoms with Crippen LogP contribution in [0.25, 0.3) is 11.3 Å². The fourth-order valence-electron chi connectivity index (χ4n) is 3.32.